The summed E-state index contributed by atoms with van der Waals surface area (Å²) in [6.07, 6.45) is 5.69. The SMILES string of the molecule is COc1cc(C(=N)N2CC=CC2)ccc1C(=O)OCCOc1ccc2ccnc(N)c2c1. The minimum absolute atomic E-state index is 0.0690. The van der Waals surface area contributed by atoms with Crippen molar-refractivity contribution in [2.75, 3.05) is 39.1 Å². The molecule has 0 fully saturated rings. The van der Waals surface area contributed by atoms with Gasteiger partial charge >= 0.3 is 5.97 Å². The molecule has 3 aromatic rings. The highest BCUT2D eigenvalue weighted by atomic mass is 16.6. The Labute approximate surface area is 185 Å². The van der Waals surface area contributed by atoms with Crippen molar-refractivity contribution in [3.63, 3.8) is 0 Å². The Kier molecular flexibility index (Phi) is 6.21. The van der Waals surface area contributed by atoms with E-state index in [1.807, 2.05) is 41.3 Å². The van der Waals surface area contributed by atoms with Crippen molar-refractivity contribution in [1.29, 1.82) is 5.41 Å². The van der Waals surface area contributed by atoms with Crippen LogP contribution in [-0.2, 0) is 4.74 Å². The summed E-state index contributed by atoms with van der Waals surface area (Å²) in [6.45, 7) is 1.65. The molecule has 164 valence electrons. The third-order valence-corrected chi connectivity index (χ3v) is 5.18. The molecule has 4 rings (SSSR count). The topological polar surface area (TPSA) is 111 Å². The fraction of sp³-hybridized carbons (Fsp3) is 0.208. The zero-order valence-corrected chi connectivity index (χ0v) is 17.7. The molecule has 8 nitrogen and oxygen atoms in total. The van der Waals surface area contributed by atoms with E-state index in [2.05, 4.69) is 4.98 Å². The third kappa shape index (κ3) is 4.49. The van der Waals surface area contributed by atoms with Gasteiger partial charge in [-0.15, -0.1) is 0 Å². The van der Waals surface area contributed by atoms with Crippen molar-refractivity contribution in [3.05, 3.63) is 71.9 Å². The van der Waals surface area contributed by atoms with Gasteiger partial charge in [-0.3, -0.25) is 5.41 Å². The minimum Gasteiger partial charge on any atom is -0.496 e. The highest BCUT2D eigenvalue weighted by molar-refractivity contribution is 5.99. The maximum atomic E-state index is 12.5. The van der Waals surface area contributed by atoms with Crippen LogP contribution in [0, 0.1) is 5.41 Å². The largest absolute Gasteiger partial charge is 0.496 e. The van der Waals surface area contributed by atoms with Crippen LogP contribution in [0.3, 0.4) is 0 Å². The quantitative estimate of drug-likeness (QED) is 0.194. The van der Waals surface area contributed by atoms with Gasteiger partial charge in [-0.25, -0.2) is 9.78 Å². The molecular formula is C24H24N4O4. The minimum atomic E-state index is -0.515. The number of pyridine rings is 1. The first-order chi connectivity index (χ1) is 15.6. The molecule has 0 amide bonds. The van der Waals surface area contributed by atoms with Gasteiger partial charge in [0.15, 0.2) is 0 Å². The first-order valence-corrected chi connectivity index (χ1v) is 10.2. The van der Waals surface area contributed by atoms with E-state index in [4.69, 9.17) is 25.4 Å². The summed E-state index contributed by atoms with van der Waals surface area (Å²) >= 11 is 0. The molecule has 0 radical (unpaired) electrons. The van der Waals surface area contributed by atoms with E-state index in [0.29, 0.717) is 47.4 Å². The van der Waals surface area contributed by atoms with Gasteiger partial charge in [0.05, 0.1) is 7.11 Å². The van der Waals surface area contributed by atoms with Crippen molar-refractivity contribution < 1.29 is 19.0 Å². The molecule has 1 aliphatic rings. The molecule has 0 saturated carbocycles. The number of aromatic nitrogens is 1. The fourth-order valence-corrected chi connectivity index (χ4v) is 3.48. The smallest absolute Gasteiger partial charge is 0.342 e. The van der Waals surface area contributed by atoms with Crippen LogP contribution in [0.25, 0.3) is 10.8 Å². The number of nitrogens with zero attached hydrogens (tertiary/aromatic N) is 2. The van der Waals surface area contributed by atoms with E-state index < -0.39 is 5.97 Å². The van der Waals surface area contributed by atoms with E-state index in [1.165, 1.54) is 7.11 Å². The van der Waals surface area contributed by atoms with Gasteiger partial charge in [-0.1, -0.05) is 24.3 Å². The molecule has 0 unspecified atom stereocenters. The Morgan fingerprint density at radius 2 is 1.94 bits per heavy atom. The Hall–Kier alpha value is -4.07. The monoisotopic (exact) mass is 432 g/mol. The van der Waals surface area contributed by atoms with Crippen LogP contribution >= 0.6 is 0 Å². The van der Waals surface area contributed by atoms with Gasteiger partial charge in [0.25, 0.3) is 0 Å². The second-order valence-corrected chi connectivity index (χ2v) is 7.20. The molecular weight excluding hydrogens is 408 g/mol. The first kappa shape index (κ1) is 21.2. The Morgan fingerprint density at radius 1 is 1.12 bits per heavy atom. The van der Waals surface area contributed by atoms with Gasteiger partial charge in [-0.2, -0.15) is 0 Å². The molecule has 32 heavy (non-hydrogen) atoms. The summed E-state index contributed by atoms with van der Waals surface area (Å²) in [6, 6.07) is 12.4. The summed E-state index contributed by atoms with van der Waals surface area (Å²) in [4.78, 5) is 18.5. The number of nitrogens with two attached hydrogens (primary N) is 1. The second kappa shape index (κ2) is 9.38. The highest BCUT2D eigenvalue weighted by Crippen LogP contribution is 2.25. The Balaban J connectivity index is 1.34. The summed E-state index contributed by atoms with van der Waals surface area (Å²) in [5, 5.41) is 10.1. The maximum absolute atomic E-state index is 12.5. The summed E-state index contributed by atoms with van der Waals surface area (Å²) in [5.74, 6) is 1.28. The van der Waals surface area contributed by atoms with Crippen LogP contribution in [-0.4, -0.2) is 55.1 Å². The number of carbonyl (C=O) groups is 1. The lowest BCUT2D eigenvalue weighted by atomic mass is 10.1. The second-order valence-electron chi connectivity index (χ2n) is 7.20. The number of anilines is 1. The van der Waals surface area contributed by atoms with Crippen LogP contribution in [0.1, 0.15) is 15.9 Å². The van der Waals surface area contributed by atoms with E-state index >= 15 is 0 Å². The summed E-state index contributed by atoms with van der Waals surface area (Å²) in [7, 11) is 1.49. The maximum Gasteiger partial charge on any atom is 0.342 e. The molecule has 8 heteroatoms. The lowest BCUT2D eigenvalue weighted by Crippen LogP contribution is -2.28. The number of amidine groups is 1. The van der Waals surface area contributed by atoms with E-state index in [1.54, 1.807) is 24.4 Å². The average Bonchev–Trinajstić information content (AvgIpc) is 3.36. The van der Waals surface area contributed by atoms with Crippen molar-refractivity contribution in [2.45, 2.75) is 0 Å². The zero-order valence-electron chi connectivity index (χ0n) is 17.7. The number of hydrogen-bond acceptors (Lipinski definition) is 7. The fourth-order valence-electron chi connectivity index (χ4n) is 3.48. The van der Waals surface area contributed by atoms with E-state index in [0.717, 1.165) is 10.8 Å². The van der Waals surface area contributed by atoms with Gasteiger partial charge in [0.2, 0.25) is 0 Å². The molecule has 2 heterocycles. The first-order valence-electron chi connectivity index (χ1n) is 10.2. The lowest BCUT2D eigenvalue weighted by molar-refractivity contribution is 0.0447. The Morgan fingerprint density at radius 3 is 2.72 bits per heavy atom. The normalized spacial score (nSPS) is 12.7. The van der Waals surface area contributed by atoms with Crippen molar-refractivity contribution in [1.82, 2.24) is 9.88 Å². The highest BCUT2D eigenvalue weighted by Gasteiger charge is 2.18. The molecule has 1 aliphatic heterocycles. The molecule has 0 saturated heterocycles. The van der Waals surface area contributed by atoms with Crippen LogP contribution in [0.15, 0.2) is 60.8 Å². The molecule has 2 aromatic carbocycles. The Bertz CT molecular complexity index is 1180. The van der Waals surface area contributed by atoms with Crippen LogP contribution in [0.5, 0.6) is 11.5 Å². The number of nitrogen functional groups attached to an aromatic ring is 1. The predicted octanol–water partition coefficient (Wildman–Crippen LogP) is 3.26. The van der Waals surface area contributed by atoms with Crippen LogP contribution in [0.4, 0.5) is 5.82 Å². The molecule has 3 N–H and O–H groups in total. The number of nitrogens with one attached hydrogen (secondary N) is 1. The third-order valence-electron chi connectivity index (χ3n) is 5.18. The lowest BCUT2D eigenvalue weighted by Gasteiger charge is -2.19. The van der Waals surface area contributed by atoms with Gasteiger partial charge in [0, 0.05) is 30.2 Å². The van der Waals surface area contributed by atoms with Gasteiger partial charge in [0.1, 0.15) is 41.9 Å². The molecule has 1 aromatic heterocycles. The standard InChI is InChI=1S/C24H24N4O4/c1-30-21-14-17(23(26)28-10-2-3-11-28)5-7-19(21)24(29)32-13-12-31-18-6-4-16-8-9-27-22(25)20(16)15-18/h2-9,14-15,26H,10-13H2,1H3,(H2,25,27). The predicted molar refractivity (Wildman–Crippen MR) is 122 cm³/mol. The number of rotatable bonds is 7. The van der Waals surface area contributed by atoms with Crippen molar-refractivity contribution >= 4 is 28.4 Å². The summed E-state index contributed by atoms with van der Waals surface area (Å²) < 4.78 is 16.4. The van der Waals surface area contributed by atoms with Crippen molar-refractivity contribution in [2.24, 2.45) is 0 Å². The van der Waals surface area contributed by atoms with E-state index in [9.17, 15) is 4.79 Å². The number of carbonyl (C=O) groups excluding carboxylic acids is 1. The van der Waals surface area contributed by atoms with Gasteiger partial charge in [-0.05, 0) is 35.7 Å². The number of fused-ring (bicyclic) bond motifs is 1. The number of benzene rings is 2. The molecule has 0 aliphatic carbocycles. The zero-order chi connectivity index (χ0) is 22.5. The molecule has 0 bridgehead atoms. The molecule has 0 spiro atoms. The average molecular weight is 432 g/mol. The molecule has 0 atom stereocenters. The number of hydrogen-bond donors (Lipinski definition) is 2. The van der Waals surface area contributed by atoms with Crippen LogP contribution < -0.4 is 15.2 Å². The van der Waals surface area contributed by atoms with E-state index in [-0.39, 0.29) is 13.2 Å². The number of esters is 1. The van der Waals surface area contributed by atoms with Crippen LogP contribution in [0.2, 0.25) is 0 Å². The van der Waals surface area contributed by atoms with Crippen molar-refractivity contribution in [3.8, 4) is 11.5 Å². The number of ether oxygens (including phenoxy) is 3. The van der Waals surface area contributed by atoms with Gasteiger partial charge < -0.3 is 24.8 Å². The summed E-state index contributed by atoms with van der Waals surface area (Å²) in [5.41, 5.74) is 6.88. The number of methoxy groups -OCH3 is 1.